The molecule has 0 bridgehead atoms. The molecule has 2 aromatic rings. The number of nitrogens with one attached hydrogen (secondary N) is 2. The Bertz CT molecular complexity index is 825. The highest BCUT2D eigenvalue weighted by atomic mass is 32.1. The summed E-state index contributed by atoms with van der Waals surface area (Å²) in [5, 5.41) is 16.9. The molecule has 1 aliphatic rings. The Kier molecular flexibility index (Phi) is 5.52. The number of carboxylic acids is 1. The van der Waals surface area contributed by atoms with Crippen molar-refractivity contribution in [1.29, 1.82) is 0 Å². The Labute approximate surface area is 153 Å². The van der Waals surface area contributed by atoms with Gasteiger partial charge in [-0.1, -0.05) is 12.2 Å². The molecule has 0 aliphatic heterocycles. The van der Waals surface area contributed by atoms with Crippen molar-refractivity contribution in [1.82, 2.24) is 5.32 Å². The molecule has 2 heterocycles. The van der Waals surface area contributed by atoms with E-state index < -0.39 is 17.8 Å². The molecule has 2 atom stereocenters. The average Bonchev–Trinajstić information content (AvgIpc) is 3.31. The van der Waals surface area contributed by atoms with Crippen molar-refractivity contribution in [3.63, 3.8) is 0 Å². The van der Waals surface area contributed by atoms with Crippen LogP contribution in [0.1, 0.15) is 29.0 Å². The first-order valence-corrected chi connectivity index (χ1v) is 9.01. The molecular formula is C18H18N2O5S. The first kappa shape index (κ1) is 17.9. The smallest absolute Gasteiger partial charge is 0.307 e. The highest BCUT2D eigenvalue weighted by Crippen LogP contribution is 2.29. The van der Waals surface area contributed by atoms with Gasteiger partial charge in [0.25, 0.3) is 5.91 Å². The highest BCUT2D eigenvalue weighted by Gasteiger charge is 2.34. The minimum Gasteiger partial charge on any atom is -0.481 e. The summed E-state index contributed by atoms with van der Waals surface area (Å²) in [5.41, 5.74) is 0.341. The standard InChI is InChI=1S/C18H18N2O5S/c21-15(19-10-11-4-3-8-25-11)14-7-9-26-17(14)20-16(22)12-5-1-2-6-13(12)18(23)24/h1-4,7-9,12-13H,5-6,10H2,(H,19,21)(H,20,22)(H,23,24)/t12-,13-/m0/s1. The van der Waals surface area contributed by atoms with E-state index in [1.165, 1.54) is 17.6 Å². The number of anilines is 1. The third-order valence-electron chi connectivity index (χ3n) is 4.24. The van der Waals surface area contributed by atoms with Crippen molar-refractivity contribution in [2.75, 3.05) is 5.32 Å². The van der Waals surface area contributed by atoms with Crippen LogP contribution in [0.3, 0.4) is 0 Å². The minimum absolute atomic E-state index is 0.240. The van der Waals surface area contributed by atoms with Gasteiger partial charge >= 0.3 is 5.97 Å². The van der Waals surface area contributed by atoms with Crippen LogP contribution in [0, 0.1) is 11.8 Å². The summed E-state index contributed by atoms with van der Waals surface area (Å²) in [5.74, 6) is -2.50. The molecule has 3 rings (SSSR count). The zero-order valence-corrected chi connectivity index (χ0v) is 14.6. The largest absolute Gasteiger partial charge is 0.481 e. The predicted molar refractivity (Wildman–Crippen MR) is 95.8 cm³/mol. The van der Waals surface area contributed by atoms with E-state index in [9.17, 15) is 19.5 Å². The van der Waals surface area contributed by atoms with Crippen molar-refractivity contribution in [3.8, 4) is 0 Å². The maximum Gasteiger partial charge on any atom is 0.307 e. The van der Waals surface area contributed by atoms with Gasteiger partial charge < -0.3 is 20.2 Å². The molecule has 2 aromatic heterocycles. The number of carboxylic acid groups (broad SMARTS) is 1. The van der Waals surface area contributed by atoms with E-state index in [1.807, 2.05) is 6.08 Å². The topological polar surface area (TPSA) is 109 Å². The molecule has 0 saturated carbocycles. The van der Waals surface area contributed by atoms with Crippen LogP contribution in [-0.4, -0.2) is 22.9 Å². The number of rotatable bonds is 6. The van der Waals surface area contributed by atoms with Crippen LogP contribution in [0.25, 0.3) is 0 Å². The zero-order chi connectivity index (χ0) is 18.5. The van der Waals surface area contributed by atoms with E-state index >= 15 is 0 Å². The number of allylic oxidation sites excluding steroid dienone is 2. The lowest BCUT2D eigenvalue weighted by molar-refractivity contribution is -0.146. The summed E-state index contributed by atoms with van der Waals surface area (Å²) >= 11 is 1.22. The van der Waals surface area contributed by atoms with Crippen LogP contribution >= 0.6 is 11.3 Å². The number of carbonyl (C=O) groups excluding carboxylic acids is 2. The quantitative estimate of drug-likeness (QED) is 0.674. The number of hydrogen-bond acceptors (Lipinski definition) is 5. The van der Waals surface area contributed by atoms with Crippen molar-refractivity contribution < 1.29 is 23.9 Å². The molecule has 8 heteroatoms. The van der Waals surface area contributed by atoms with Gasteiger partial charge in [0.05, 0.1) is 30.2 Å². The number of hydrogen-bond donors (Lipinski definition) is 3. The van der Waals surface area contributed by atoms with Gasteiger partial charge in [-0.2, -0.15) is 0 Å². The molecule has 136 valence electrons. The summed E-state index contributed by atoms with van der Waals surface area (Å²) in [6.07, 6.45) is 5.81. The lowest BCUT2D eigenvalue weighted by Gasteiger charge is -2.24. The number of furan rings is 1. The minimum atomic E-state index is -0.989. The molecule has 26 heavy (non-hydrogen) atoms. The van der Waals surface area contributed by atoms with Crippen LogP contribution in [0.15, 0.2) is 46.4 Å². The molecule has 0 saturated heterocycles. The Morgan fingerprint density at radius 1 is 1.19 bits per heavy atom. The summed E-state index contributed by atoms with van der Waals surface area (Å²) in [6.45, 7) is 0.240. The molecule has 0 fully saturated rings. The highest BCUT2D eigenvalue weighted by molar-refractivity contribution is 7.14. The molecule has 0 aromatic carbocycles. The third kappa shape index (κ3) is 4.02. The van der Waals surface area contributed by atoms with Gasteiger partial charge in [0.2, 0.25) is 5.91 Å². The van der Waals surface area contributed by atoms with E-state index in [1.54, 1.807) is 29.7 Å². The average molecular weight is 374 g/mol. The van der Waals surface area contributed by atoms with Crippen LogP contribution in [0.5, 0.6) is 0 Å². The normalized spacial score (nSPS) is 19.1. The van der Waals surface area contributed by atoms with Gasteiger partial charge in [0.15, 0.2) is 0 Å². The van der Waals surface area contributed by atoms with Crippen molar-refractivity contribution >= 4 is 34.1 Å². The Hall–Kier alpha value is -2.87. The molecule has 0 unspecified atom stereocenters. The fraction of sp³-hybridized carbons (Fsp3) is 0.278. The Morgan fingerprint density at radius 3 is 2.65 bits per heavy atom. The van der Waals surface area contributed by atoms with Crippen molar-refractivity contribution in [2.45, 2.75) is 19.4 Å². The second-order valence-corrected chi connectivity index (χ2v) is 6.82. The van der Waals surface area contributed by atoms with Gasteiger partial charge in [0.1, 0.15) is 10.8 Å². The number of amides is 2. The molecule has 7 nitrogen and oxygen atoms in total. The van der Waals surface area contributed by atoms with Crippen LogP contribution in [-0.2, 0) is 16.1 Å². The third-order valence-corrected chi connectivity index (χ3v) is 5.07. The van der Waals surface area contributed by atoms with Gasteiger partial charge in [-0.25, -0.2) is 0 Å². The number of carbonyl (C=O) groups is 3. The molecule has 3 N–H and O–H groups in total. The first-order valence-electron chi connectivity index (χ1n) is 8.13. The lowest BCUT2D eigenvalue weighted by atomic mass is 9.82. The Balaban J connectivity index is 1.66. The number of thiophene rings is 1. The molecule has 0 radical (unpaired) electrons. The zero-order valence-electron chi connectivity index (χ0n) is 13.8. The van der Waals surface area contributed by atoms with Crippen molar-refractivity contribution in [3.05, 3.63) is 53.3 Å². The number of aliphatic carboxylic acids is 1. The maximum absolute atomic E-state index is 12.6. The van der Waals surface area contributed by atoms with E-state index in [2.05, 4.69) is 10.6 Å². The van der Waals surface area contributed by atoms with Gasteiger partial charge in [-0.3, -0.25) is 14.4 Å². The van der Waals surface area contributed by atoms with E-state index in [0.717, 1.165) is 0 Å². The Morgan fingerprint density at radius 2 is 1.96 bits per heavy atom. The molecular weight excluding hydrogens is 356 g/mol. The molecule has 2 amide bonds. The van der Waals surface area contributed by atoms with E-state index in [4.69, 9.17) is 4.42 Å². The lowest BCUT2D eigenvalue weighted by Crippen LogP contribution is -2.35. The van der Waals surface area contributed by atoms with Crippen LogP contribution in [0.2, 0.25) is 0 Å². The van der Waals surface area contributed by atoms with Gasteiger partial charge in [-0.05, 0) is 36.4 Å². The SMILES string of the molecule is O=C(NCc1ccco1)c1ccsc1NC(=O)[C@H]1CC=CC[C@@H]1C(=O)O. The van der Waals surface area contributed by atoms with Gasteiger partial charge in [0, 0.05) is 0 Å². The molecule has 1 aliphatic carbocycles. The predicted octanol–water partition coefficient (Wildman–Crippen LogP) is 2.88. The van der Waals surface area contributed by atoms with Crippen LogP contribution in [0.4, 0.5) is 5.00 Å². The van der Waals surface area contributed by atoms with Gasteiger partial charge in [-0.15, -0.1) is 11.3 Å². The monoisotopic (exact) mass is 374 g/mol. The molecule has 0 spiro atoms. The van der Waals surface area contributed by atoms with E-state index in [-0.39, 0.29) is 18.4 Å². The van der Waals surface area contributed by atoms with Crippen molar-refractivity contribution in [2.24, 2.45) is 11.8 Å². The summed E-state index contributed by atoms with van der Waals surface area (Å²) in [6, 6.07) is 5.10. The van der Waals surface area contributed by atoms with Crippen LogP contribution < -0.4 is 10.6 Å². The first-order chi connectivity index (χ1) is 12.6. The second kappa shape index (κ2) is 8.01. The second-order valence-electron chi connectivity index (χ2n) is 5.91. The summed E-state index contributed by atoms with van der Waals surface area (Å²) in [4.78, 5) is 36.3. The fourth-order valence-electron chi connectivity index (χ4n) is 2.84. The fourth-order valence-corrected chi connectivity index (χ4v) is 3.63. The summed E-state index contributed by atoms with van der Waals surface area (Å²) in [7, 11) is 0. The summed E-state index contributed by atoms with van der Waals surface area (Å²) < 4.78 is 5.17. The van der Waals surface area contributed by atoms with E-state index in [0.29, 0.717) is 29.2 Å². The maximum atomic E-state index is 12.6.